The Morgan fingerprint density at radius 3 is 2.27 bits per heavy atom. The number of rotatable bonds is 1. The highest BCUT2D eigenvalue weighted by Crippen LogP contribution is 2.00. The summed E-state index contributed by atoms with van der Waals surface area (Å²) in [5, 5.41) is 8.82. The average molecular weight is 235 g/mol. The summed E-state index contributed by atoms with van der Waals surface area (Å²) in [5.74, 6) is 0.0229. The third-order valence-corrected chi connectivity index (χ3v) is 1.32. The molecule has 0 spiro atoms. The predicted octanol–water partition coefficient (Wildman–Crippen LogP) is 0.0778. The van der Waals surface area contributed by atoms with Gasteiger partial charge < -0.3 is 9.67 Å². The molecule has 0 bridgehead atoms. The number of nitrogens with zero attached hydrogens (tertiary/aromatic N) is 1. The first kappa shape index (κ1) is 13.7. The third-order valence-electron chi connectivity index (χ3n) is 1.32. The van der Waals surface area contributed by atoms with Gasteiger partial charge in [-0.2, -0.15) is 8.42 Å². The van der Waals surface area contributed by atoms with Gasteiger partial charge in [0, 0.05) is 18.8 Å². The number of hydrogen-bond donors (Lipinski definition) is 2. The molecule has 1 heterocycles. The monoisotopic (exact) mass is 235 g/mol. The number of pyridine rings is 1. The van der Waals surface area contributed by atoms with E-state index < -0.39 is 10.1 Å². The molecule has 86 valence electrons. The summed E-state index contributed by atoms with van der Waals surface area (Å²) >= 11 is 0. The van der Waals surface area contributed by atoms with Gasteiger partial charge in [0.25, 0.3) is 15.7 Å². The van der Waals surface area contributed by atoms with E-state index in [0.717, 1.165) is 0 Å². The van der Waals surface area contributed by atoms with Gasteiger partial charge in [-0.05, 0) is 13.0 Å². The highest BCUT2D eigenvalue weighted by atomic mass is 32.2. The maximum Gasteiger partial charge on any atom is 0.261 e. The van der Waals surface area contributed by atoms with Crippen LogP contribution in [0.1, 0.15) is 6.92 Å². The first-order valence-corrected chi connectivity index (χ1v) is 5.90. The van der Waals surface area contributed by atoms with Crippen molar-refractivity contribution in [2.45, 2.75) is 13.5 Å². The van der Waals surface area contributed by atoms with E-state index in [-0.39, 0.29) is 11.3 Å². The zero-order valence-corrected chi connectivity index (χ0v) is 9.23. The van der Waals surface area contributed by atoms with Gasteiger partial charge in [0.05, 0.1) is 6.26 Å². The van der Waals surface area contributed by atoms with E-state index in [1.54, 1.807) is 6.20 Å². The maximum absolute atomic E-state index is 10.9. The molecule has 0 radical (unpaired) electrons. The average Bonchev–Trinajstić information content (AvgIpc) is 2.01. The van der Waals surface area contributed by atoms with Crippen LogP contribution in [0, 0.1) is 0 Å². The van der Waals surface area contributed by atoms with Crippen LogP contribution in [0.4, 0.5) is 0 Å². The highest BCUT2D eigenvalue weighted by Gasteiger charge is 1.92. The summed E-state index contributed by atoms with van der Waals surface area (Å²) in [6.07, 6.45) is 2.28. The molecule has 0 atom stereocenters. The number of aryl methyl sites for hydroxylation is 1. The third kappa shape index (κ3) is 7.71. The molecule has 0 fully saturated rings. The van der Waals surface area contributed by atoms with Crippen LogP contribution < -0.4 is 5.56 Å². The summed E-state index contributed by atoms with van der Waals surface area (Å²) in [6.45, 7) is 2.51. The van der Waals surface area contributed by atoms with Crippen molar-refractivity contribution in [3.8, 4) is 5.75 Å². The Labute approximate surface area is 87.5 Å². The van der Waals surface area contributed by atoms with Crippen LogP contribution in [0.5, 0.6) is 5.75 Å². The summed E-state index contributed by atoms with van der Waals surface area (Å²) in [4.78, 5) is 10.9. The molecule has 2 N–H and O–H groups in total. The van der Waals surface area contributed by atoms with Gasteiger partial charge in [0.15, 0.2) is 0 Å². The molecule has 0 amide bonds. The first-order valence-electron chi connectivity index (χ1n) is 4.06. The molecule has 0 aliphatic carbocycles. The molecule has 0 aliphatic rings. The van der Waals surface area contributed by atoms with Gasteiger partial charge in [-0.1, -0.05) is 0 Å². The molecule has 1 aromatic heterocycles. The number of aromatic hydroxyl groups is 1. The van der Waals surface area contributed by atoms with Gasteiger partial charge in [0.2, 0.25) is 0 Å². The van der Waals surface area contributed by atoms with Crippen LogP contribution in [0.15, 0.2) is 23.1 Å². The minimum absolute atomic E-state index is 0.0229. The zero-order chi connectivity index (χ0) is 12.1. The second-order valence-corrected chi connectivity index (χ2v) is 4.21. The van der Waals surface area contributed by atoms with Crippen molar-refractivity contribution in [3.63, 3.8) is 0 Å². The molecule has 0 aromatic carbocycles. The van der Waals surface area contributed by atoms with Crippen molar-refractivity contribution < 1.29 is 18.1 Å². The Kier molecular flexibility index (Phi) is 5.03. The highest BCUT2D eigenvalue weighted by molar-refractivity contribution is 7.85. The van der Waals surface area contributed by atoms with Crippen molar-refractivity contribution in [1.29, 1.82) is 0 Å². The predicted molar refractivity (Wildman–Crippen MR) is 55.5 cm³/mol. The topological polar surface area (TPSA) is 96.6 Å². The SMILES string of the molecule is CCn1ccc(O)cc1=O.CS(=O)(=O)O. The summed E-state index contributed by atoms with van der Waals surface area (Å²) in [5.41, 5.74) is -0.164. The normalized spacial score (nSPS) is 10.3. The van der Waals surface area contributed by atoms with Crippen LogP contribution in [0.3, 0.4) is 0 Å². The Bertz CT molecular complexity index is 454. The molecular formula is C8H13NO5S. The lowest BCUT2D eigenvalue weighted by Gasteiger charge is -1.98. The molecule has 0 saturated carbocycles. The van der Waals surface area contributed by atoms with E-state index in [1.165, 1.54) is 16.7 Å². The van der Waals surface area contributed by atoms with Crippen LogP contribution >= 0.6 is 0 Å². The van der Waals surface area contributed by atoms with E-state index in [4.69, 9.17) is 9.66 Å². The second kappa shape index (κ2) is 5.52. The smallest absolute Gasteiger partial charge is 0.261 e. The Balaban J connectivity index is 0.000000336. The van der Waals surface area contributed by atoms with Crippen LogP contribution in [-0.4, -0.2) is 28.9 Å². The maximum atomic E-state index is 10.9. The fourth-order valence-electron chi connectivity index (χ4n) is 0.759. The first-order chi connectivity index (χ1) is 6.74. The molecule has 0 unspecified atom stereocenters. The van der Waals surface area contributed by atoms with Crippen LogP contribution in [-0.2, 0) is 16.7 Å². The van der Waals surface area contributed by atoms with Crippen molar-refractivity contribution in [2.24, 2.45) is 0 Å². The lowest BCUT2D eigenvalue weighted by Crippen LogP contribution is -2.16. The fourth-order valence-corrected chi connectivity index (χ4v) is 0.759. The Hall–Kier alpha value is -1.34. The molecule has 1 rings (SSSR count). The van der Waals surface area contributed by atoms with E-state index in [9.17, 15) is 13.2 Å². The Morgan fingerprint density at radius 1 is 1.47 bits per heavy atom. The minimum Gasteiger partial charge on any atom is -0.508 e. The van der Waals surface area contributed by atoms with Gasteiger partial charge in [-0.15, -0.1) is 0 Å². The van der Waals surface area contributed by atoms with Crippen molar-refractivity contribution >= 4 is 10.1 Å². The van der Waals surface area contributed by atoms with E-state index in [0.29, 0.717) is 12.8 Å². The molecule has 0 saturated heterocycles. The number of aromatic nitrogens is 1. The summed E-state index contributed by atoms with van der Waals surface area (Å²) < 4.78 is 27.4. The Morgan fingerprint density at radius 2 is 1.93 bits per heavy atom. The quantitative estimate of drug-likeness (QED) is 0.672. The lowest BCUT2D eigenvalue weighted by atomic mass is 10.4. The summed E-state index contributed by atoms with van der Waals surface area (Å²) in [6, 6.07) is 2.69. The van der Waals surface area contributed by atoms with Crippen molar-refractivity contribution in [2.75, 3.05) is 6.26 Å². The van der Waals surface area contributed by atoms with E-state index >= 15 is 0 Å². The molecule has 1 aromatic rings. The zero-order valence-electron chi connectivity index (χ0n) is 8.41. The van der Waals surface area contributed by atoms with Crippen LogP contribution in [0.2, 0.25) is 0 Å². The van der Waals surface area contributed by atoms with Crippen molar-refractivity contribution in [3.05, 3.63) is 28.7 Å². The fraction of sp³-hybridized carbons (Fsp3) is 0.375. The van der Waals surface area contributed by atoms with Crippen LogP contribution in [0.25, 0.3) is 0 Å². The van der Waals surface area contributed by atoms with Crippen molar-refractivity contribution in [1.82, 2.24) is 4.57 Å². The summed E-state index contributed by atoms with van der Waals surface area (Å²) in [7, 11) is -3.67. The number of hydrogen-bond acceptors (Lipinski definition) is 4. The van der Waals surface area contributed by atoms with E-state index in [2.05, 4.69) is 0 Å². The molecule has 0 aliphatic heterocycles. The standard InChI is InChI=1S/C7H9NO2.CH4O3S/c1-2-8-4-3-6(9)5-7(8)10;1-5(2,3)4/h3-5,9H,2H2,1H3;1H3,(H,2,3,4). The van der Waals surface area contributed by atoms with Gasteiger partial charge >= 0.3 is 0 Å². The molecule has 6 nitrogen and oxygen atoms in total. The lowest BCUT2D eigenvalue weighted by molar-refractivity contribution is 0.471. The second-order valence-electron chi connectivity index (χ2n) is 2.74. The molecule has 7 heteroatoms. The van der Waals surface area contributed by atoms with Gasteiger partial charge in [0.1, 0.15) is 5.75 Å². The molecule has 15 heavy (non-hydrogen) atoms. The van der Waals surface area contributed by atoms with Gasteiger partial charge in [-0.3, -0.25) is 9.35 Å². The van der Waals surface area contributed by atoms with E-state index in [1.807, 2.05) is 6.92 Å². The van der Waals surface area contributed by atoms with Gasteiger partial charge in [-0.25, -0.2) is 0 Å². The molecular weight excluding hydrogens is 222 g/mol. The largest absolute Gasteiger partial charge is 0.508 e. The minimum atomic E-state index is -3.67.